The van der Waals surface area contributed by atoms with Crippen molar-refractivity contribution in [2.24, 2.45) is 0 Å². The number of nitrogens with zero attached hydrogens (tertiary/aromatic N) is 1. The van der Waals surface area contributed by atoms with Crippen molar-refractivity contribution in [3.05, 3.63) is 89.5 Å². The number of nitrogens with one attached hydrogen (secondary N) is 1. The molecule has 3 aromatic carbocycles. The van der Waals surface area contributed by atoms with E-state index in [1.165, 1.54) is 29.6 Å². The smallest absolute Gasteiger partial charge is 0.416 e. The van der Waals surface area contributed by atoms with Crippen molar-refractivity contribution >= 4 is 15.9 Å². The summed E-state index contributed by atoms with van der Waals surface area (Å²) in [7, 11) is -2.55. The number of sulfonamides is 1. The van der Waals surface area contributed by atoms with Crippen LogP contribution >= 0.6 is 0 Å². The Morgan fingerprint density at radius 1 is 1.03 bits per heavy atom. The SMILES string of the molecule is COc1ccccc1S(=O)(=O)N1CCC[C@H]1C(=O)NCc1cccc(OCc2ccc(C(F)(F)F)cc2)c1. The van der Waals surface area contributed by atoms with Crippen LogP contribution < -0.4 is 14.8 Å². The van der Waals surface area contributed by atoms with Gasteiger partial charge in [-0.15, -0.1) is 0 Å². The molecule has 1 amide bonds. The molecule has 0 aromatic heterocycles. The van der Waals surface area contributed by atoms with Gasteiger partial charge in [0.25, 0.3) is 0 Å². The van der Waals surface area contributed by atoms with Crippen molar-refractivity contribution < 1.29 is 35.9 Å². The molecule has 1 heterocycles. The van der Waals surface area contributed by atoms with Crippen molar-refractivity contribution in [2.45, 2.75) is 43.1 Å². The second kappa shape index (κ2) is 11.4. The summed E-state index contributed by atoms with van der Waals surface area (Å²) >= 11 is 0. The summed E-state index contributed by atoms with van der Waals surface area (Å²) in [4.78, 5) is 13.0. The molecule has 7 nitrogen and oxygen atoms in total. The highest BCUT2D eigenvalue weighted by molar-refractivity contribution is 7.89. The minimum absolute atomic E-state index is 0.0140. The summed E-state index contributed by atoms with van der Waals surface area (Å²) < 4.78 is 76.9. The Hall–Kier alpha value is -3.57. The molecule has 38 heavy (non-hydrogen) atoms. The molecule has 1 N–H and O–H groups in total. The Balaban J connectivity index is 1.37. The lowest BCUT2D eigenvalue weighted by Gasteiger charge is -2.24. The van der Waals surface area contributed by atoms with Gasteiger partial charge in [0, 0.05) is 13.1 Å². The fraction of sp³-hybridized carbons (Fsp3) is 0.296. The van der Waals surface area contributed by atoms with Gasteiger partial charge in [0.15, 0.2) is 0 Å². The molecule has 1 aliphatic rings. The van der Waals surface area contributed by atoms with Crippen LogP contribution in [0.15, 0.2) is 77.7 Å². The molecule has 1 aliphatic heterocycles. The van der Waals surface area contributed by atoms with Crippen molar-refractivity contribution in [1.82, 2.24) is 9.62 Å². The summed E-state index contributed by atoms with van der Waals surface area (Å²) in [6.07, 6.45) is -3.44. The van der Waals surface area contributed by atoms with E-state index in [4.69, 9.17) is 9.47 Å². The third-order valence-electron chi connectivity index (χ3n) is 6.21. The minimum Gasteiger partial charge on any atom is -0.495 e. The van der Waals surface area contributed by atoms with Gasteiger partial charge in [-0.05, 0) is 60.4 Å². The van der Waals surface area contributed by atoms with Gasteiger partial charge in [-0.2, -0.15) is 17.5 Å². The number of carbonyl (C=O) groups excluding carboxylic acids is 1. The molecule has 1 saturated heterocycles. The van der Waals surface area contributed by atoms with Gasteiger partial charge in [-0.3, -0.25) is 4.79 Å². The predicted molar refractivity (Wildman–Crippen MR) is 134 cm³/mol. The number of amides is 1. The van der Waals surface area contributed by atoms with Crippen LogP contribution in [-0.2, 0) is 34.1 Å². The number of hydrogen-bond donors (Lipinski definition) is 1. The lowest BCUT2D eigenvalue weighted by atomic mass is 10.1. The zero-order chi connectivity index (χ0) is 27.3. The fourth-order valence-corrected chi connectivity index (χ4v) is 6.07. The van der Waals surface area contributed by atoms with Gasteiger partial charge in [-0.25, -0.2) is 8.42 Å². The van der Waals surface area contributed by atoms with E-state index in [9.17, 15) is 26.4 Å². The number of hydrogen-bond acceptors (Lipinski definition) is 5. The second-order valence-corrected chi connectivity index (χ2v) is 10.6. The van der Waals surface area contributed by atoms with E-state index in [2.05, 4.69) is 5.32 Å². The second-order valence-electron chi connectivity index (χ2n) is 8.77. The van der Waals surface area contributed by atoms with Crippen LogP contribution in [0.5, 0.6) is 11.5 Å². The molecule has 0 aliphatic carbocycles. The molecule has 0 saturated carbocycles. The number of benzene rings is 3. The van der Waals surface area contributed by atoms with E-state index in [0.29, 0.717) is 24.2 Å². The molecule has 4 rings (SSSR count). The minimum atomic E-state index is -4.40. The van der Waals surface area contributed by atoms with Gasteiger partial charge >= 0.3 is 6.18 Å². The summed E-state index contributed by atoms with van der Waals surface area (Å²) in [6, 6.07) is 17.1. The van der Waals surface area contributed by atoms with Gasteiger partial charge in [0.1, 0.15) is 29.0 Å². The topological polar surface area (TPSA) is 84.9 Å². The van der Waals surface area contributed by atoms with Crippen LogP contribution in [0.1, 0.15) is 29.5 Å². The Morgan fingerprint density at radius 2 is 1.76 bits per heavy atom. The highest BCUT2D eigenvalue weighted by atomic mass is 32.2. The number of carbonyl (C=O) groups is 1. The summed E-state index contributed by atoms with van der Waals surface area (Å²) in [5, 5.41) is 2.81. The molecule has 0 radical (unpaired) electrons. The normalized spacial score (nSPS) is 16.3. The standard InChI is InChI=1S/C27H27F3N2O5S/c1-36-24-9-2-3-10-25(24)38(34,35)32-15-5-8-23(32)26(33)31-17-20-6-4-7-22(16-20)37-18-19-11-13-21(14-12-19)27(28,29)30/h2-4,6-7,9-14,16,23H,5,8,15,17-18H2,1H3,(H,31,33)/t23-/m0/s1. The molecule has 1 atom stereocenters. The number of halogens is 3. The Bertz CT molecular complexity index is 1380. The Morgan fingerprint density at radius 3 is 2.47 bits per heavy atom. The van der Waals surface area contributed by atoms with Crippen molar-refractivity contribution in [3.8, 4) is 11.5 Å². The monoisotopic (exact) mass is 548 g/mol. The van der Waals surface area contributed by atoms with Gasteiger partial charge in [0.05, 0.1) is 12.7 Å². The molecule has 11 heteroatoms. The molecule has 1 fully saturated rings. The van der Waals surface area contributed by atoms with Crippen molar-refractivity contribution in [1.29, 1.82) is 0 Å². The van der Waals surface area contributed by atoms with Gasteiger partial charge < -0.3 is 14.8 Å². The Kier molecular flexibility index (Phi) is 8.27. The first-order chi connectivity index (χ1) is 18.1. The highest BCUT2D eigenvalue weighted by Gasteiger charge is 2.40. The third kappa shape index (κ3) is 6.28. The first kappa shape index (κ1) is 27.5. The zero-order valence-electron chi connectivity index (χ0n) is 20.6. The molecular formula is C27H27F3N2O5S. The summed E-state index contributed by atoms with van der Waals surface area (Å²) in [5.41, 5.74) is 0.574. The van der Waals surface area contributed by atoms with Crippen LogP contribution in [-0.4, -0.2) is 38.3 Å². The van der Waals surface area contributed by atoms with Gasteiger partial charge in [0.2, 0.25) is 15.9 Å². The van der Waals surface area contributed by atoms with Crippen LogP contribution in [0.3, 0.4) is 0 Å². The van der Waals surface area contributed by atoms with Crippen molar-refractivity contribution in [3.63, 3.8) is 0 Å². The fourth-order valence-electron chi connectivity index (χ4n) is 4.26. The van der Waals surface area contributed by atoms with E-state index >= 15 is 0 Å². The number of methoxy groups -OCH3 is 1. The maximum absolute atomic E-state index is 13.3. The van der Waals surface area contributed by atoms with E-state index in [1.54, 1.807) is 42.5 Å². The number of rotatable bonds is 9. The lowest BCUT2D eigenvalue weighted by molar-refractivity contribution is -0.137. The average molecular weight is 549 g/mol. The largest absolute Gasteiger partial charge is 0.495 e. The van der Waals surface area contributed by atoms with Crippen LogP contribution in [0.4, 0.5) is 13.2 Å². The molecular weight excluding hydrogens is 521 g/mol. The number of ether oxygens (including phenoxy) is 2. The van der Waals surface area contributed by atoms with Crippen molar-refractivity contribution in [2.75, 3.05) is 13.7 Å². The molecule has 0 spiro atoms. The van der Waals surface area contributed by atoms with E-state index in [1.807, 2.05) is 0 Å². The summed E-state index contributed by atoms with van der Waals surface area (Å²) in [6.45, 7) is 0.451. The maximum atomic E-state index is 13.3. The van der Waals surface area contributed by atoms with Crippen LogP contribution in [0, 0.1) is 0 Å². The van der Waals surface area contributed by atoms with Crippen LogP contribution in [0.25, 0.3) is 0 Å². The Labute approximate surface area is 219 Å². The van der Waals surface area contributed by atoms with E-state index in [-0.39, 0.29) is 30.3 Å². The number of para-hydroxylation sites is 1. The maximum Gasteiger partial charge on any atom is 0.416 e. The highest BCUT2D eigenvalue weighted by Crippen LogP contribution is 2.32. The zero-order valence-corrected chi connectivity index (χ0v) is 21.4. The van der Waals surface area contributed by atoms with Crippen LogP contribution in [0.2, 0.25) is 0 Å². The summed E-state index contributed by atoms with van der Waals surface area (Å²) in [5.74, 6) is 0.293. The quantitative estimate of drug-likeness (QED) is 0.417. The van der Waals surface area contributed by atoms with E-state index in [0.717, 1.165) is 17.7 Å². The molecule has 3 aromatic rings. The number of alkyl halides is 3. The average Bonchev–Trinajstić information content (AvgIpc) is 3.42. The van der Waals surface area contributed by atoms with Gasteiger partial charge in [-0.1, -0.05) is 36.4 Å². The molecule has 0 bridgehead atoms. The predicted octanol–water partition coefficient (Wildman–Crippen LogP) is 4.76. The lowest BCUT2D eigenvalue weighted by Crippen LogP contribution is -2.45. The van der Waals surface area contributed by atoms with E-state index < -0.39 is 33.7 Å². The molecule has 202 valence electrons. The first-order valence-electron chi connectivity index (χ1n) is 11.9. The first-order valence-corrected chi connectivity index (χ1v) is 13.3. The molecule has 0 unspecified atom stereocenters. The third-order valence-corrected chi connectivity index (χ3v) is 8.16.